The predicted molar refractivity (Wildman–Crippen MR) is 58.8 cm³/mol. The van der Waals surface area contributed by atoms with Gasteiger partial charge < -0.3 is 4.74 Å². The van der Waals surface area contributed by atoms with Gasteiger partial charge in [-0.25, -0.2) is 0 Å². The fraction of sp³-hybridized carbons (Fsp3) is 0.300. The number of hydrogen-bond donors (Lipinski definition) is 0. The third-order valence-corrected chi connectivity index (χ3v) is 2.70. The first-order valence-corrected chi connectivity index (χ1v) is 5.56. The quantitative estimate of drug-likeness (QED) is 0.452. The summed E-state index contributed by atoms with van der Waals surface area (Å²) in [6.45, 7) is 1.86. The number of thioether (sulfide) groups is 1. The summed E-state index contributed by atoms with van der Waals surface area (Å²) >= 11 is 7.37. The van der Waals surface area contributed by atoms with Crippen LogP contribution in [0.25, 0.3) is 0 Å². The Balaban J connectivity index is 2.25. The molecule has 0 saturated heterocycles. The maximum absolute atomic E-state index is 10.5. The highest BCUT2D eigenvalue weighted by Crippen LogP contribution is 2.19. The number of esters is 1. The van der Waals surface area contributed by atoms with E-state index in [-0.39, 0.29) is 5.97 Å². The number of benzene rings is 1. The van der Waals surface area contributed by atoms with Crippen LogP contribution in [-0.4, -0.2) is 18.3 Å². The predicted octanol–water partition coefficient (Wildman–Crippen LogP) is 3.00. The third kappa shape index (κ3) is 4.53. The molecule has 0 aliphatic carbocycles. The minimum Gasteiger partial charge on any atom is -0.465 e. The molecule has 1 rings (SSSR count). The van der Waals surface area contributed by atoms with Crippen LogP contribution in [0.4, 0.5) is 0 Å². The Morgan fingerprint density at radius 3 is 2.64 bits per heavy atom. The Hall–Kier alpha value is -0.670. The standard InChI is InChI=1S/C10H11ClO2S/c1-8(12)13-6-7-14-10-4-2-9(11)3-5-10/h2-5H,6-7H2,1H3. The average Bonchev–Trinajstić information content (AvgIpc) is 2.15. The smallest absolute Gasteiger partial charge is 0.302 e. The summed E-state index contributed by atoms with van der Waals surface area (Å²) < 4.78 is 4.80. The third-order valence-electron chi connectivity index (χ3n) is 1.47. The molecule has 0 amide bonds. The molecule has 0 heterocycles. The summed E-state index contributed by atoms with van der Waals surface area (Å²) in [7, 11) is 0. The van der Waals surface area contributed by atoms with E-state index >= 15 is 0 Å². The average molecular weight is 231 g/mol. The van der Waals surface area contributed by atoms with E-state index < -0.39 is 0 Å². The van der Waals surface area contributed by atoms with Gasteiger partial charge >= 0.3 is 5.97 Å². The first-order chi connectivity index (χ1) is 6.68. The molecule has 0 aliphatic rings. The normalized spacial score (nSPS) is 9.86. The number of ether oxygens (including phenoxy) is 1. The Morgan fingerprint density at radius 1 is 1.43 bits per heavy atom. The number of carbonyl (C=O) groups is 1. The monoisotopic (exact) mass is 230 g/mol. The van der Waals surface area contributed by atoms with Crippen molar-refractivity contribution < 1.29 is 9.53 Å². The SMILES string of the molecule is CC(=O)OCCSc1ccc(Cl)cc1. The van der Waals surface area contributed by atoms with Crippen LogP contribution in [0, 0.1) is 0 Å². The van der Waals surface area contributed by atoms with Crippen molar-refractivity contribution in [2.24, 2.45) is 0 Å². The summed E-state index contributed by atoms with van der Waals surface area (Å²) in [6, 6.07) is 7.58. The molecule has 0 spiro atoms. The van der Waals surface area contributed by atoms with E-state index in [0.717, 1.165) is 15.7 Å². The second-order valence-corrected chi connectivity index (χ2v) is 4.25. The lowest BCUT2D eigenvalue weighted by Crippen LogP contribution is -2.02. The van der Waals surface area contributed by atoms with E-state index in [1.807, 2.05) is 24.3 Å². The molecule has 0 N–H and O–H groups in total. The highest BCUT2D eigenvalue weighted by Gasteiger charge is 1.96. The van der Waals surface area contributed by atoms with Gasteiger partial charge in [0.25, 0.3) is 0 Å². The van der Waals surface area contributed by atoms with Crippen LogP contribution in [-0.2, 0) is 9.53 Å². The van der Waals surface area contributed by atoms with Gasteiger partial charge in [0, 0.05) is 22.6 Å². The number of rotatable bonds is 4. The summed E-state index contributed by atoms with van der Waals surface area (Å²) in [5.41, 5.74) is 0. The van der Waals surface area contributed by atoms with Gasteiger partial charge in [-0.1, -0.05) is 11.6 Å². The second-order valence-electron chi connectivity index (χ2n) is 2.64. The molecule has 0 unspecified atom stereocenters. The molecule has 0 atom stereocenters. The summed E-state index contributed by atoms with van der Waals surface area (Å²) in [5.74, 6) is 0.531. The van der Waals surface area contributed by atoms with Crippen LogP contribution in [0.3, 0.4) is 0 Å². The van der Waals surface area contributed by atoms with Gasteiger partial charge in [0.2, 0.25) is 0 Å². The van der Waals surface area contributed by atoms with Crippen LogP contribution in [0.1, 0.15) is 6.92 Å². The maximum Gasteiger partial charge on any atom is 0.302 e. The first-order valence-electron chi connectivity index (χ1n) is 4.20. The Bertz CT molecular complexity index is 297. The molecule has 1 aromatic rings. The van der Waals surface area contributed by atoms with Gasteiger partial charge in [0.15, 0.2) is 0 Å². The Kier molecular flexibility index (Phi) is 4.84. The zero-order valence-corrected chi connectivity index (χ0v) is 9.40. The highest BCUT2D eigenvalue weighted by atomic mass is 35.5. The van der Waals surface area contributed by atoms with E-state index in [1.165, 1.54) is 6.92 Å². The molecule has 2 nitrogen and oxygen atoms in total. The molecule has 0 radical (unpaired) electrons. The van der Waals surface area contributed by atoms with Crippen molar-refractivity contribution in [3.05, 3.63) is 29.3 Å². The fourth-order valence-corrected chi connectivity index (χ4v) is 1.73. The molecule has 0 saturated carbocycles. The van der Waals surface area contributed by atoms with Crippen molar-refractivity contribution >= 4 is 29.3 Å². The molecular formula is C10H11ClO2S. The lowest BCUT2D eigenvalue weighted by atomic mass is 10.4. The number of hydrogen-bond acceptors (Lipinski definition) is 3. The zero-order chi connectivity index (χ0) is 10.4. The summed E-state index contributed by atoms with van der Waals surface area (Å²) in [6.07, 6.45) is 0. The summed E-state index contributed by atoms with van der Waals surface area (Å²) in [4.78, 5) is 11.6. The van der Waals surface area contributed by atoms with Gasteiger partial charge in [0.1, 0.15) is 6.61 Å². The Morgan fingerprint density at radius 2 is 2.07 bits per heavy atom. The molecule has 0 fully saturated rings. The van der Waals surface area contributed by atoms with E-state index in [0.29, 0.717) is 6.61 Å². The van der Waals surface area contributed by atoms with Gasteiger partial charge in [0.05, 0.1) is 0 Å². The lowest BCUT2D eigenvalue weighted by molar-refractivity contribution is -0.140. The molecule has 0 aliphatic heterocycles. The fourth-order valence-electron chi connectivity index (χ4n) is 0.876. The van der Waals surface area contributed by atoms with Crippen LogP contribution < -0.4 is 0 Å². The van der Waals surface area contributed by atoms with Crippen molar-refractivity contribution in [1.82, 2.24) is 0 Å². The van der Waals surface area contributed by atoms with Crippen molar-refractivity contribution in [1.29, 1.82) is 0 Å². The minimum atomic E-state index is -0.235. The largest absolute Gasteiger partial charge is 0.465 e. The van der Waals surface area contributed by atoms with Crippen molar-refractivity contribution in [2.75, 3.05) is 12.4 Å². The van der Waals surface area contributed by atoms with Gasteiger partial charge in [-0.05, 0) is 24.3 Å². The topological polar surface area (TPSA) is 26.3 Å². The molecule has 14 heavy (non-hydrogen) atoms. The molecular weight excluding hydrogens is 220 g/mol. The van der Waals surface area contributed by atoms with Gasteiger partial charge in [-0.2, -0.15) is 0 Å². The molecule has 0 bridgehead atoms. The van der Waals surface area contributed by atoms with Crippen LogP contribution in [0.15, 0.2) is 29.2 Å². The number of halogens is 1. The highest BCUT2D eigenvalue weighted by molar-refractivity contribution is 7.99. The summed E-state index contributed by atoms with van der Waals surface area (Å²) in [5, 5.41) is 0.731. The Labute approximate surface area is 92.6 Å². The molecule has 4 heteroatoms. The van der Waals surface area contributed by atoms with Gasteiger partial charge in [-0.3, -0.25) is 4.79 Å². The molecule has 0 aromatic heterocycles. The van der Waals surface area contributed by atoms with Crippen molar-refractivity contribution in [3.63, 3.8) is 0 Å². The molecule has 1 aromatic carbocycles. The van der Waals surface area contributed by atoms with Crippen molar-refractivity contribution in [2.45, 2.75) is 11.8 Å². The van der Waals surface area contributed by atoms with Gasteiger partial charge in [-0.15, -0.1) is 11.8 Å². The molecule has 76 valence electrons. The van der Waals surface area contributed by atoms with E-state index in [4.69, 9.17) is 16.3 Å². The van der Waals surface area contributed by atoms with E-state index in [1.54, 1.807) is 11.8 Å². The van der Waals surface area contributed by atoms with Crippen LogP contribution in [0.2, 0.25) is 5.02 Å². The first kappa shape index (κ1) is 11.4. The van der Waals surface area contributed by atoms with Crippen LogP contribution in [0.5, 0.6) is 0 Å². The minimum absolute atomic E-state index is 0.235. The van der Waals surface area contributed by atoms with Crippen molar-refractivity contribution in [3.8, 4) is 0 Å². The second kappa shape index (κ2) is 5.94. The van der Waals surface area contributed by atoms with E-state index in [9.17, 15) is 4.79 Å². The lowest BCUT2D eigenvalue weighted by Gasteiger charge is -2.02. The zero-order valence-electron chi connectivity index (χ0n) is 7.83. The van der Waals surface area contributed by atoms with E-state index in [2.05, 4.69) is 0 Å². The maximum atomic E-state index is 10.5. The number of carbonyl (C=O) groups excluding carboxylic acids is 1. The van der Waals surface area contributed by atoms with Crippen LogP contribution >= 0.6 is 23.4 Å².